The zero-order chi connectivity index (χ0) is 25.1. The summed E-state index contributed by atoms with van der Waals surface area (Å²) in [6.07, 6.45) is 1.74. The van der Waals surface area contributed by atoms with Crippen LogP contribution in [0.4, 0.5) is 15.8 Å². The number of carbonyl (C=O) groups excluding carboxylic acids is 1. The average Bonchev–Trinajstić information content (AvgIpc) is 3.50. The van der Waals surface area contributed by atoms with Gasteiger partial charge in [0.25, 0.3) is 0 Å². The highest BCUT2D eigenvalue weighted by Crippen LogP contribution is 2.43. The number of benzene rings is 2. The Labute approximate surface area is 212 Å². The maximum atomic E-state index is 13.4. The third kappa shape index (κ3) is 4.84. The summed E-state index contributed by atoms with van der Waals surface area (Å²) in [6.45, 7) is -0.0232. The number of ether oxygens (including phenoxy) is 1. The van der Waals surface area contributed by atoms with Gasteiger partial charge in [-0.3, -0.25) is 9.78 Å². The van der Waals surface area contributed by atoms with Crippen molar-refractivity contribution in [1.29, 1.82) is 0 Å². The molecule has 1 aliphatic heterocycles. The Balaban J connectivity index is 1.50. The summed E-state index contributed by atoms with van der Waals surface area (Å²) in [5, 5.41) is 6.70. The fraction of sp³-hybridized carbons (Fsp3) is 0.148. The van der Waals surface area contributed by atoms with Crippen molar-refractivity contribution < 1.29 is 18.3 Å². The molecule has 5 rings (SSSR count). The molecule has 4 aromatic rings. The van der Waals surface area contributed by atoms with E-state index in [0.29, 0.717) is 22.3 Å². The maximum Gasteiger partial charge on any atom is 0.250 e. The van der Waals surface area contributed by atoms with Gasteiger partial charge in [-0.25, -0.2) is 4.39 Å². The van der Waals surface area contributed by atoms with Crippen molar-refractivity contribution in [2.75, 3.05) is 23.9 Å². The molecule has 1 aliphatic rings. The highest BCUT2D eigenvalue weighted by molar-refractivity contribution is 7.80. The van der Waals surface area contributed by atoms with Crippen LogP contribution in [0.1, 0.15) is 23.5 Å². The number of methoxy groups -OCH3 is 1. The quantitative estimate of drug-likeness (QED) is 0.335. The fourth-order valence-corrected chi connectivity index (χ4v) is 4.58. The number of furan rings is 1. The number of aromatic nitrogens is 1. The van der Waals surface area contributed by atoms with Crippen molar-refractivity contribution in [1.82, 2.24) is 10.3 Å². The molecule has 0 aliphatic carbocycles. The predicted octanol–water partition coefficient (Wildman–Crippen LogP) is 5.24. The maximum absolute atomic E-state index is 13.4. The van der Waals surface area contributed by atoms with E-state index in [9.17, 15) is 9.18 Å². The van der Waals surface area contributed by atoms with Crippen molar-refractivity contribution >= 4 is 34.6 Å². The number of hydrogen-bond acceptors (Lipinski definition) is 5. The highest BCUT2D eigenvalue weighted by atomic mass is 32.1. The lowest BCUT2D eigenvalue weighted by Crippen LogP contribution is -2.29. The molecule has 3 heterocycles. The van der Waals surface area contributed by atoms with Crippen molar-refractivity contribution in [3.63, 3.8) is 0 Å². The summed E-state index contributed by atoms with van der Waals surface area (Å²) < 4.78 is 24.6. The molecule has 1 amide bonds. The number of thiocarbonyl (C=S) groups is 1. The van der Waals surface area contributed by atoms with Gasteiger partial charge in [-0.2, -0.15) is 0 Å². The second kappa shape index (κ2) is 10.3. The van der Waals surface area contributed by atoms with E-state index in [0.717, 1.165) is 16.9 Å². The van der Waals surface area contributed by atoms with Crippen molar-refractivity contribution in [3.05, 3.63) is 102 Å². The molecular formula is C27H23FN4O3S. The van der Waals surface area contributed by atoms with E-state index in [1.54, 1.807) is 18.3 Å². The summed E-state index contributed by atoms with van der Waals surface area (Å²) in [7, 11) is 1.47. The van der Waals surface area contributed by atoms with Gasteiger partial charge in [0.05, 0.1) is 11.7 Å². The number of rotatable bonds is 7. The van der Waals surface area contributed by atoms with Crippen LogP contribution in [-0.4, -0.2) is 29.7 Å². The Morgan fingerprint density at radius 2 is 1.89 bits per heavy atom. The molecule has 1 saturated heterocycles. The van der Waals surface area contributed by atoms with Crippen molar-refractivity contribution in [2.45, 2.75) is 12.1 Å². The molecule has 2 aromatic heterocycles. The first kappa shape index (κ1) is 23.7. The van der Waals surface area contributed by atoms with Gasteiger partial charge in [-0.15, -0.1) is 0 Å². The number of nitrogens with one attached hydrogen (secondary N) is 2. The predicted molar refractivity (Wildman–Crippen MR) is 139 cm³/mol. The van der Waals surface area contributed by atoms with E-state index in [-0.39, 0.29) is 30.4 Å². The number of nitrogens with zero attached hydrogens (tertiary/aromatic N) is 2. The molecule has 2 N–H and O–H groups in total. The van der Waals surface area contributed by atoms with Crippen LogP contribution < -0.4 is 15.5 Å². The largest absolute Gasteiger partial charge is 0.459 e. The first-order chi connectivity index (χ1) is 17.5. The molecule has 0 saturated carbocycles. The minimum absolute atomic E-state index is 0.0232. The number of amides is 1. The minimum atomic E-state index is -0.337. The number of carbonyl (C=O) groups is 1. The Morgan fingerprint density at radius 1 is 1.11 bits per heavy atom. The standard InChI is InChI=1S/C27H23FN4O3S/c1-34-16-24(33)30-19-9-11-20(12-10-19)32-26(25(31-27(32)36)21-4-2-3-15-29-21)23-14-13-22(35-23)17-5-7-18(28)8-6-17/h2-15,25-26H,16H2,1H3,(H,30,33)(H,31,36)/t25-,26-/m0/s1. The summed E-state index contributed by atoms with van der Waals surface area (Å²) in [4.78, 5) is 18.4. The lowest BCUT2D eigenvalue weighted by atomic mass is 10.0. The Hall–Kier alpha value is -4.08. The van der Waals surface area contributed by atoms with Gasteiger partial charge in [-0.1, -0.05) is 6.07 Å². The van der Waals surface area contributed by atoms with Crippen molar-refractivity contribution in [2.24, 2.45) is 0 Å². The van der Waals surface area contributed by atoms with Crippen molar-refractivity contribution in [3.8, 4) is 11.3 Å². The van der Waals surface area contributed by atoms with Gasteiger partial charge in [-0.05, 0) is 85.0 Å². The van der Waals surface area contributed by atoms with E-state index < -0.39 is 0 Å². The van der Waals surface area contributed by atoms with E-state index in [1.807, 2.05) is 59.5 Å². The van der Waals surface area contributed by atoms with Gasteiger partial charge in [0, 0.05) is 30.2 Å². The Bertz CT molecular complexity index is 1360. The molecule has 7 nitrogen and oxygen atoms in total. The van der Waals surface area contributed by atoms with Crippen LogP contribution in [-0.2, 0) is 9.53 Å². The topological polar surface area (TPSA) is 79.6 Å². The number of hydrogen-bond donors (Lipinski definition) is 2. The zero-order valence-corrected chi connectivity index (χ0v) is 20.2. The van der Waals surface area contributed by atoms with Gasteiger partial charge in [0.1, 0.15) is 30.0 Å². The molecule has 0 unspecified atom stereocenters. The van der Waals surface area contributed by atoms with Crippen LogP contribution in [0.5, 0.6) is 0 Å². The first-order valence-electron chi connectivity index (χ1n) is 11.3. The highest BCUT2D eigenvalue weighted by Gasteiger charge is 2.42. The molecule has 9 heteroatoms. The lowest BCUT2D eigenvalue weighted by molar-refractivity contribution is -0.119. The monoisotopic (exact) mass is 502 g/mol. The number of anilines is 2. The third-order valence-corrected chi connectivity index (χ3v) is 6.16. The zero-order valence-electron chi connectivity index (χ0n) is 19.4. The fourth-order valence-electron chi connectivity index (χ4n) is 4.24. The molecule has 0 radical (unpaired) electrons. The first-order valence-corrected chi connectivity index (χ1v) is 11.7. The van der Waals surface area contributed by atoms with Gasteiger partial charge >= 0.3 is 0 Å². The van der Waals surface area contributed by atoms with Gasteiger partial charge < -0.3 is 24.7 Å². The Kier molecular flexibility index (Phi) is 6.75. The van der Waals surface area contributed by atoms with Gasteiger partial charge in [0.15, 0.2) is 5.11 Å². The molecule has 0 spiro atoms. The molecule has 2 aromatic carbocycles. The summed E-state index contributed by atoms with van der Waals surface area (Å²) >= 11 is 5.75. The molecule has 182 valence electrons. The SMILES string of the molecule is COCC(=O)Nc1ccc(N2C(=S)N[C@@H](c3ccccn3)[C@@H]2c2ccc(-c3ccc(F)cc3)o2)cc1. The second-order valence-corrected chi connectivity index (χ2v) is 8.62. The van der Waals surface area contributed by atoms with Crippen LogP contribution in [0.3, 0.4) is 0 Å². The normalized spacial score (nSPS) is 17.2. The van der Waals surface area contributed by atoms with Crippen LogP contribution in [0, 0.1) is 5.82 Å². The van der Waals surface area contributed by atoms with E-state index >= 15 is 0 Å². The van der Waals surface area contributed by atoms with E-state index in [2.05, 4.69) is 15.6 Å². The van der Waals surface area contributed by atoms with Crippen LogP contribution in [0.2, 0.25) is 0 Å². The molecular weight excluding hydrogens is 479 g/mol. The molecule has 1 fully saturated rings. The molecule has 36 heavy (non-hydrogen) atoms. The third-order valence-electron chi connectivity index (χ3n) is 5.85. The van der Waals surface area contributed by atoms with Gasteiger partial charge in [0.2, 0.25) is 5.91 Å². The smallest absolute Gasteiger partial charge is 0.250 e. The lowest BCUT2D eigenvalue weighted by Gasteiger charge is -2.26. The molecule has 2 atom stereocenters. The summed E-state index contributed by atoms with van der Waals surface area (Å²) in [6, 6.07) is 22.4. The van der Waals surface area contributed by atoms with E-state index in [4.69, 9.17) is 21.4 Å². The number of halogens is 1. The second-order valence-electron chi connectivity index (χ2n) is 8.23. The van der Waals surface area contributed by atoms with Crippen LogP contribution >= 0.6 is 12.2 Å². The minimum Gasteiger partial charge on any atom is -0.459 e. The van der Waals surface area contributed by atoms with Crippen LogP contribution in [0.25, 0.3) is 11.3 Å². The number of pyridine rings is 1. The average molecular weight is 503 g/mol. The summed E-state index contributed by atoms with van der Waals surface area (Å²) in [5.74, 6) is 0.758. The Morgan fingerprint density at radius 3 is 2.58 bits per heavy atom. The van der Waals surface area contributed by atoms with Crippen LogP contribution in [0.15, 0.2) is 89.5 Å². The molecule has 0 bridgehead atoms. The summed E-state index contributed by atoms with van der Waals surface area (Å²) in [5.41, 5.74) is 3.05. The van der Waals surface area contributed by atoms with E-state index in [1.165, 1.54) is 19.2 Å².